The lowest BCUT2D eigenvalue weighted by Crippen LogP contribution is -2.39. The molecule has 5 nitrogen and oxygen atoms in total. The fraction of sp³-hybridized carbons (Fsp3) is 0.348. The van der Waals surface area contributed by atoms with Gasteiger partial charge in [0.1, 0.15) is 5.69 Å². The molecule has 0 unspecified atom stereocenters. The number of rotatable bonds is 2. The van der Waals surface area contributed by atoms with Crippen molar-refractivity contribution in [3.8, 4) is 0 Å². The number of benzene rings is 1. The Labute approximate surface area is 190 Å². The van der Waals surface area contributed by atoms with Gasteiger partial charge in [-0.1, -0.05) is 18.6 Å². The van der Waals surface area contributed by atoms with Crippen LogP contribution in [0.2, 0.25) is 0 Å². The topological polar surface area (TPSA) is 79.3 Å². The zero-order valence-corrected chi connectivity index (χ0v) is 17.6. The molecular weight excluding hydrogens is 466 g/mol. The highest BCUT2D eigenvalue weighted by atomic mass is 19.4. The van der Waals surface area contributed by atoms with Crippen molar-refractivity contribution < 1.29 is 41.0 Å². The van der Waals surface area contributed by atoms with Crippen LogP contribution < -0.4 is 5.32 Å². The summed E-state index contributed by atoms with van der Waals surface area (Å²) >= 11 is 0. The Morgan fingerprint density at radius 3 is 2.06 bits per heavy atom. The number of carbonyl (C=O) groups excluding carboxylic acids is 2. The molecule has 1 saturated heterocycles. The van der Waals surface area contributed by atoms with Crippen LogP contribution in [-0.4, -0.2) is 34.2 Å². The van der Waals surface area contributed by atoms with Gasteiger partial charge in [-0.15, -0.1) is 0 Å². The zero-order chi connectivity index (χ0) is 25.1. The molecule has 2 N–H and O–H groups in total. The van der Waals surface area contributed by atoms with E-state index in [2.05, 4.69) is 10.3 Å². The summed E-state index contributed by atoms with van der Waals surface area (Å²) < 4.78 is 79.3. The van der Waals surface area contributed by atoms with Crippen LogP contribution in [0.15, 0.2) is 48.6 Å². The smallest absolute Gasteiger partial charge is 0.387 e. The second kappa shape index (κ2) is 10.1. The zero-order valence-electron chi connectivity index (χ0n) is 17.6. The number of carbonyl (C=O) groups is 2. The minimum atomic E-state index is -4.93. The molecule has 1 aliphatic carbocycles. The van der Waals surface area contributed by atoms with E-state index in [-0.39, 0.29) is 22.5 Å². The van der Waals surface area contributed by atoms with Crippen LogP contribution in [0.5, 0.6) is 0 Å². The van der Waals surface area contributed by atoms with Crippen LogP contribution in [0, 0.1) is 0 Å². The minimum Gasteiger partial charge on any atom is -0.387 e. The van der Waals surface area contributed by atoms with Gasteiger partial charge in [-0.3, -0.25) is 9.59 Å². The van der Waals surface area contributed by atoms with Crippen LogP contribution in [0.25, 0.3) is 10.9 Å². The van der Waals surface area contributed by atoms with Gasteiger partial charge in [0.05, 0.1) is 17.2 Å². The van der Waals surface area contributed by atoms with Crippen LogP contribution in [-0.2, 0) is 21.9 Å². The number of aliphatic hydroxyl groups excluding tert-OH is 1. The van der Waals surface area contributed by atoms with Gasteiger partial charge < -0.3 is 10.4 Å². The summed E-state index contributed by atoms with van der Waals surface area (Å²) in [7, 11) is 0. The molecule has 2 aliphatic rings. The van der Waals surface area contributed by atoms with Gasteiger partial charge in [0.25, 0.3) is 0 Å². The minimum absolute atomic E-state index is 0.121. The van der Waals surface area contributed by atoms with E-state index in [0.717, 1.165) is 18.9 Å². The lowest BCUT2D eigenvalue weighted by molar-refractivity contribution is -0.142. The van der Waals surface area contributed by atoms with Gasteiger partial charge in [0, 0.05) is 11.4 Å². The van der Waals surface area contributed by atoms with Gasteiger partial charge in [-0.05, 0) is 61.4 Å². The summed E-state index contributed by atoms with van der Waals surface area (Å²) in [6, 6.07) is 3.16. The Morgan fingerprint density at radius 2 is 1.56 bits per heavy atom. The largest absolute Gasteiger partial charge is 0.433 e. The molecule has 2 aromatic rings. The Hall–Kier alpha value is -3.05. The first-order valence-corrected chi connectivity index (χ1v) is 10.3. The molecule has 34 heavy (non-hydrogen) atoms. The van der Waals surface area contributed by atoms with Crippen molar-refractivity contribution in [2.24, 2.45) is 0 Å². The molecule has 11 heteroatoms. The lowest BCUT2D eigenvalue weighted by atomic mass is 9.91. The Kier molecular flexibility index (Phi) is 7.57. The Bertz CT molecular complexity index is 1090. The van der Waals surface area contributed by atoms with Crippen LogP contribution in [0.1, 0.15) is 42.2 Å². The number of fused-ring (bicyclic) bond motifs is 1. The summed E-state index contributed by atoms with van der Waals surface area (Å²) in [5.74, 6) is -0.241. The van der Waals surface area contributed by atoms with Crippen LogP contribution >= 0.6 is 0 Å². The van der Waals surface area contributed by atoms with Crippen molar-refractivity contribution in [1.29, 1.82) is 0 Å². The molecule has 1 aliphatic heterocycles. The van der Waals surface area contributed by atoms with Crippen molar-refractivity contribution in [3.63, 3.8) is 0 Å². The molecule has 1 aromatic heterocycles. The number of piperidine rings is 1. The fourth-order valence-corrected chi connectivity index (χ4v) is 3.70. The second-order valence-corrected chi connectivity index (χ2v) is 7.77. The van der Waals surface area contributed by atoms with Crippen molar-refractivity contribution in [2.45, 2.75) is 43.8 Å². The second-order valence-electron chi connectivity index (χ2n) is 7.77. The van der Waals surface area contributed by atoms with Gasteiger partial charge in [-0.2, -0.15) is 26.3 Å². The number of halogens is 6. The summed E-state index contributed by atoms with van der Waals surface area (Å²) in [5, 5.41) is 13.5. The lowest BCUT2D eigenvalue weighted by Gasteiger charge is -2.29. The maximum atomic E-state index is 13.2. The number of para-hydroxylation sites is 1. The number of aliphatic hydroxyl groups is 1. The van der Waals surface area contributed by atoms with E-state index in [9.17, 15) is 41.0 Å². The number of hydrogen-bond donors (Lipinski definition) is 2. The maximum Gasteiger partial charge on any atom is 0.433 e. The summed E-state index contributed by atoms with van der Waals surface area (Å²) in [6.45, 7) is 0.588. The summed E-state index contributed by atoms with van der Waals surface area (Å²) in [6.07, 6.45) is -3.99. The van der Waals surface area contributed by atoms with E-state index in [1.807, 2.05) is 0 Å². The molecule has 0 amide bonds. The number of aromatic nitrogens is 1. The summed E-state index contributed by atoms with van der Waals surface area (Å²) in [4.78, 5) is 23.8. The predicted molar refractivity (Wildman–Crippen MR) is 111 cm³/mol. The molecule has 1 aromatic carbocycles. The number of nitrogens with one attached hydrogen (secondary N) is 1. The highest BCUT2D eigenvalue weighted by molar-refractivity contribution is 6.14. The molecule has 1 fully saturated rings. The molecule has 0 spiro atoms. The van der Waals surface area contributed by atoms with Gasteiger partial charge in [0.15, 0.2) is 11.6 Å². The van der Waals surface area contributed by atoms with Gasteiger partial charge in [0.2, 0.25) is 0 Å². The van der Waals surface area contributed by atoms with E-state index in [4.69, 9.17) is 0 Å². The van der Waals surface area contributed by atoms with Crippen molar-refractivity contribution in [2.75, 3.05) is 6.54 Å². The van der Waals surface area contributed by atoms with Gasteiger partial charge >= 0.3 is 12.4 Å². The molecule has 182 valence electrons. The molecule has 0 radical (unpaired) electrons. The molecule has 4 rings (SSSR count). The van der Waals surface area contributed by atoms with Crippen molar-refractivity contribution in [3.05, 3.63) is 65.4 Å². The molecule has 0 bridgehead atoms. The predicted octanol–water partition coefficient (Wildman–Crippen LogP) is 4.70. The fourth-order valence-electron chi connectivity index (χ4n) is 3.70. The van der Waals surface area contributed by atoms with Gasteiger partial charge in [-0.25, -0.2) is 4.98 Å². The van der Waals surface area contributed by atoms with E-state index < -0.39 is 41.3 Å². The van der Waals surface area contributed by atoms with Crippen molar-refractivity contribution in [1.82, 2.24) is 10.3 Å². The molecule has 2 heterocycles. The number of alkyl halides is 6. The Morgan fingerprint density at radius 1 is 0.941 bits per heavy atom. The summed E-state index contributed by atoms with van der Waals surface area (Å²) in [5.41, 5.74) is -3.72. The number of ketones is 2. The molecule has 0 saturated carbocycles. The first kappa shape index (κ1) is 25.6. The average molecular weight is 486 g/mol. The third kappa shape index (κ3) is 6.09. The number of nitrogens with zero attached hydrogens (tertiary/aromatic N) is 1. The molecule has 2 atom stereocenters. The van der Waals surface area contributed by atoms with E-state index in [1.54, 1.807) is 0 Å². The third-order valence-electron chi connectivity index (χ3n) is 5.34. The Balaban J connectivity index is 0.000000343. The maximum absolute atomic E-state index is 13.2. The quantitative estimate of drug-likeness (QED) is 0.476. The number of hydrogen-bond acceptors (Lipinski definition) is 5. The number of allylic oxidation sites excluding steroid dienone is 4. The van der Waals surface area contributed by atoms with E-state index in [0.29, 0.717) is 25.1 Å². The van der Waals surface area contributed by atoms with E-state index in [1.165, 1.54) is 30.4 Å². The monoisotopic (exact) mass is 486 g/mol. The SMILES string of the molecule is O=C1C=CC(=O)C=C1.O[C@@H](c1cc(C(F)(F)F)nc2c(C(F)(F)F)cccc12)[C@H]1CCCCN1. The van der Waals surface area contributed by atoms with Crippen molar-refractivity contribution >= 4 is 22.5 Å². The van der Waals surface area contributed by atoms with E-state index >= 15 is 0 Å². The van der Waals surface area contributed by atoms with Crippen LogP contribution in [0.4, 0.5) is 26.3 Å². The average Bonchev–Trinajstić information content (AvgIpc) is 2.79. The number of pyridine rings is 1. The standard InChI is InChI=1S/C17H16F6N2O.C6H4O2/c18-16(19,20)11-5-3-4-9-10(15(26)12-6-1-2-7-24-12)8-13(17(21,22)23)25-14(9)11;7-5-1-2-6(8)4-3-5/h3-5,8,12,15,24,26H,1-2,6-7H2;1-4H/t12-,15+;/m1./s1. The molecular formula is C23H20F6N2O3. The highest BCUT2D eigenvalue weighted by Crippen LogP contribution is 2.39. The third-order valence-corrected chi connectivity index (χ3v) is 5.34. The van der Waals surface area contributed by atoms with Crippen LogP contribution in [0.3, 0.4) is 0 Å². The highest BCUT2D eigenvalue weighted by Gasteiger charge is 2.38. The normalized spacial score (nSPS) is 19.7. The first-order valence-electron chi connectivity index (χ1n) is 10.3. The first-order chi connectivity index (χ1) is 15.9.